The van der Waals surface area contributed by atoms with Gasteiger partial charge in [-0.1, -0.05) is 34.1 Å². The summed E-state index contributed by atoms with van der Waals surface area (Å²) in [6.07, 6.45) is 3.12. The normalized spacial score (nSPS) is 11.7. The number of hydrogen-bond acceptors (Lipinski definition) is 5. The van der Waals surface area contributed by atoms with Crippen molar-refractivity contribution in [3.8, 4) is 11.3 Å². The summed E-state index contributed by atoms with van der Waals surface area (Å²) in [6, 6.07) is 15.5. The lowest BCUT2D eigenvalue weighted by Gasteiger charge is -2.07. The molecule has 0 aliphatic rings. The van der Waals surface area contributed by atoms with Gasteiger partial charge in [0.05, 0.1) is 16.1 Å². The molecule has 2 N–H and O–H groups in total. The van der Waals surface area contributed by atoms with Gasteiger partial charge in [0.2, 0.25) is 5.95 Å². The first-order valence-electron chi connectivity index (χ1n) is 7.67. The van der Waals surface area contributed by atoms with E-state index >= 15 is 0 Å². The van der Waals surface area contributed by atoms with E-state index in [-0.39, 0.29) is 10.8 Å². The van der Waals surface area contributed by atoms with E-state index in [9.17, 15) is 8.42 Å². The minimum atomic E-state index is -3.76. The molecule has 0 aliphatic heterocycles. The highest BCUT2D eigenvalue weighted by Gasteiger charge is 2.22. The Labute approximate surface area is 158 Å². The third kappa shape index (κ3) is 2.77. The molecule has 0 radical (unpaired) electrons. The Morgan fingerprint density at radius 3 is 2.46 bits per heavy atom. The van der Waals surface area contributed by atoms with Crippen molar-refractivity contribution in [2.45, 2.75) is 4.90 Å². The van der Waals surface area contributed by atoms with Crippen LogP contribution in [-0.2, 0) is 10.0 Å². The number of halogens is 1. The van der Waals surface area contributed by atoms with Crippen molar-refractivity contribution in [3.05, 3.63) is 71.5 Å². The van der Waals surface area contributed by atoms with Gasteiger partial charge in [-0.2, -0.15) is 0 Å². The van der Waals surface area contributed by atoms with Crippen LogP contribution in [0.1, 0.15) is 0 Å². The van der Waals surface area contributed by atoms with Gasteiger partial charge in [-0.15, -0.1) is 0 Å². The smallest absolute Gasteiger partial charge is 0.268 e. The third-order valence-electron chi connectivity index (χ3n) is 4.00. The summed E-state index contributed by atoms with van der Waals surface area (Å²) in [7, 11) is -3.76. The Morgan fingerprint density at radius 1 is 1.00 bits per heavy atom. The third-order valence-corrected chi connectivity index (χ3v) is 6.22. The number of hydrogen-bond donors (Lipinski definition) is 1. The van der Waals surface area contributed by atoms with Gasteiger partial charge in [-0.3, -0.25) is 0 Å². The first-order valence-corrected chi connectivity index (χ1v) is 9.90. The molecule has 0 unspecified atom stereocenters. The average Bonchev–Trinajstić information content (AvgIpc) is 3.03. The fourth-order valence-electron chi connectivity index (χ4n) is 2.80. The minimum absolute atomic E-state index is 0.134. The van der Waals surface area contributed by atoms with Crippen molar-refractivity contribution < 1.29 is 8.42 Å². The van der Waals surface area contributed by atoms with Crippen molar-refractivity contribution in [1.29, 1.82) is 0 Å². The molecule has 2 aromatic heterocycles. The van der Waals surface area contributed by atoms with Gasteiger partial charge in [-0.25, -0.2) is 22.4 Å². The van der Waals surface area contributed by atoms with Gasteiger partial charge in [0, 0.05) is 27.8 Å². The van der Waals surface area contributed by atoms with Crippen LogP contribution < -0.4 is 5.73 Å². The zero-order chi connectivity index (χ0) is 18.3. The summed E-state index contributed by atoms with van der Waals surface area (Å²) in [6.45, 7) is 0. The van der Waals surface area contributed by atoms with Crippen LogP contribution >= 0.6 is 15.9 Å². The molecule has 0 aliphatic carbocycles. The molecule has 2 aromatic carbocycles. The van der Waals surface area contributed by atoms with Crippen LogP contribution in [0, 0.1) is 0 Å². The number of rotatable bonds is 3. The lowest BCUT2D eigenvalue weighted by molar-refractivity contribution is 0.589. The highest BCUT2D eigenvalue weighted by Crippen LogP contribution is 2.32. The number of para-hydroxylation sites is 1. The van der Waals surface area contributed by atoms with Crippen LogP contribution in [0.15, 0.2) is 76.4 Å². The maximum atomic E-state index is 13.2. The van der Waals surface area contributed by atoms with E-state index in [1.807, 2.05) is 12.1 Å². The Hall–Kier alpha value is -2.71. The first kappa shape index (κ1) is 16.7. The summed E-state index contributed by atoms with van der Waals surface area (Å²) in [5, 5.41) is 0.770. The van der Waals surface area contributed by atoms with Crippen LogP contribution in [0.5, 0.6) is 0 Å². The van der Waals surface area contributed by atoms with Crippen molar-refractivity contribution in [2.24, 2.45) is 0 Å². The monoisotopic (exact) mass is 428 g/mol. The van der Waals surface area contributed by atoms with Crippen LogP contribution in [-0.4, -0.2) is 22.4 Å². The number of benzene rings is 2. The van der Waals surface area contributed by atoms with E-state index in [2.05, 4.69) is 25.9 Å². The SMILES string of the molecule is Nc1nccc(-c2cn(S(=O)(=O)c3ccc(Br)cc3)c3ccccc23)n1. The minimum Gasteiger partial charge on any atom is -0.368 e. The molecule has 130 valence electrons. The molecular weight excluding hydrogens is 416 g/mol. The second-order valence-corrected chi connectivity index (χ2v) is 8.35. The standard InChI is InChI=1S/C18H13BrN4O2S/c19-12-5-7-13(8-6-12)26(24,25)23-11-15(14-3-1-2-4-17(14)23)16-9-10-21-18(20)22-16/h1-11H,(H2,20,21,22). The maximum Gasteiger partial charge on any atom is 0.268 e. The van der Waals surface area contributed by atoms with Gasteiger partial charge < -0.3 is 5.73 Å². The highest BCUT2D eigenvalue weighted by molar-refractivity contribution is 9.10. The van der Waals surface area contributed by atoms with Crippen LogP contribution in [0.3, 0.4) is 0 Å². The first-order chi connectivity index (χ1) is 12.5. The molecule has 26 heavy (non-hydrogen) atoms. The zero-order valence-corrected chi connectivity index (χ0v) is 15.8. The average molecular weight is 429 g/mol. The van der Waals surface area contributed by atoms with Crippen molar-refractivity contribution in [2.75, 3.05) is 5.73 Å². The van der Waals surface area contributed by atoms with Crippen LogP contribution in [0.4, 0.5) is 5.95 Å². The zero-order valence-electron chi connectivity index (χ0n) is 13.4. The second kappa shape index (κ2) is 6.22. The lowest BCUT2D eigenvalue weighted by atomic mass is 10.1. The Balaban J connectivity index is 1.98. The fraction of sp³-hybridized carbons (Fsp3) is 0. The second-order valence-electron chi connectivity index (χ2n) is 5.61. The molecule has 0 saturated heterocycles. The van der Waals surface area contributed by atoms with Crippen LogP contribution in [0.25, 0.3) is 22.2 Å². The molecule has 0 amide bonds. The quantitative estimate of drug-likeness (QED) is 0.537. The van der Waals surface area contributed by atoms with Gasteiger partial charge in [0.15, 0.2) is 0 Å². The number of nitrogens with two attached hydrogens (primary N) is 1. The van der Waals surface area contributed by atoms with Gasteiger partial charge in [-0.05, 0) is 36.4 Å². The largest absolute Gasteiger partial charge is 0.368 e. The topological polar surface area (TPSA) is 90.9 Å². The number of aromatic nitrogens is 3. The summed E-state index contributed by atoms with van der Waals surface area (Å²) in [4.78, 5) is 8.32. The molecule has 4 aromatic rings. The summed E-state index contributed by atoms with van der Waals surface area (Å²) in [5.41, 5.74) is 7.50. The van der Waals surface area contributed by atoms with Crippen LogP contribution in [0.2, 0.25) is 0 Å². The van der Waals surface area contributed by atoms with E-state index in [0.717, 1.165) is 9.86 Å². The molecule has 8 heteroatoms. The molecule has 4 rings (SSSR count). The maximum absolute atomic E-state index is 13.2. The Bertz CT molecular complexity index is 1220. The van der Waals surface area contributed by atoms with Crippen molar-refractivity contribution in [3.63, 3.8) is 0 Å². The van der Waals surface area contributed by atoms with E-state index < -0.39 is 10.0 Å². The molecule has 0 fully saturated rings. The summed E-state index contributed by atoms with van der Waals surface area (Å²) < 4.78 is 28.4. The van der Waals surface area contributed by atoms with E-state index in [0.29, 0.717) is 16.8 Å². The van der Waals surface area contributed by atoms with E-state index in [1.165, 1.54) is 3.97 Å². The molecule has 6 nitrogen and oxygen atoms in total. The Kier molecular flexibility index (Phi) is 4.01. The molecule has 0 spiro atoms. The molecule has 0 atom stereocenters. The fourth-order valence-corrected chi connectivity index (χ4v) is 4.43. The lowest BCUT2D eigenvalue weighted by Crippen LogP contribution is -2.11. The molecule has 2 heterocycles. The van der Waals surface area contributed by atoms with Crippen molar-refractivity contribution in [1.82, 2.24) is 13.9 Å². The molecule has 0 bridgehead atoms. The number of nitrogen functional groups attached to an aromatic ring is 1. The van der Waals surface area contributed by atoms with E-state index in [1.54, 1.807) is 54.9 Å². The van der Waals surface area contributed by atoms with Gasteiger partial charge in [0.25, 0.3) is 10.0 Å². The predicted molar refractivity (Wildman–Crippen MR) is 104 cm³/mol. The van der Waals surface area contributed by atoms with Crippen molar-refractivity contribution >= 4 is 42.8 Å². The number of anilines is 1. The van der Waals surface area contributed by atoms with Gasteiger partial charge in [0.1, 0.15) is 0 Å². The highest BCUT2D eigenvalue weighted by atomic mass is 79.9. The molecular formula is C18H13BrN4O2S. The number of nitrogens with zero attached hydrogens (tertiary/aromatic N) is 3. The van der Waals surface area contributed by atoms with Gasteiger partial charge >= 0.3 is 0 Å². The number of fused-ring (bicyclic) bond motifs is 1. The summed E-state index contributed by atoms with van der Waals surface area (Å²) >= 11 is 3.32. The predicted octanol–water partition coefficient (Wildman–Crippen LogP) is 3.68. The summed E-state index contributed by atoms with van der Waals surface area (Å²) in [5.74, 6) is 0.134. The van der Waals surface area contributed by atoms with E-state index in [4.69, 9.17) is 5.73 Å². The Morgan fingerprint density at radius 2 is 1.73 bits per heavy atom. The molecule has 0 saturated carbocycles.